The molecule has 0 bridgehead atoms. The number of hydrogen-bond acceptors (Lipinski definition) is 3. The molecule has 0 saturated carbocycles. The first-order valence-electron chi connectivity index (χ1n) is 6.41. The second kappa shape index (κ2) is 7.41. The molecule has 0 saturated heterocycles. The number of benzene rings is 1. The lowest BCUT2D eigenvalue weighted by Gasteiger charge is -2.27. The Hall–Kier alpha value is -0.620. The Balaban J connectivity index is 2.62. The average Bonchev–Trinajstić information content (AvgIpc) is 2.30. The summed E-state index contributed by atoms with van der Waals surface area (Å²) in [7, 11) is 0. The third-order valence-electron chi connectivity index (χ3n) is 2.63. The van der Waals surface area contributed by atoms with E-state index in [1.165, 1.54) is 0 Å². The minimum atomic E-state index is -0.828. The van der Waals surface area contributed by atoms with Gasteiger partial charge < -0.3 is 10.4 Å². The predicted octanol–water partition coefficient (Wildman–Crippen LogP) is 3.13. The molecule has 0 aliphatic heterocycles. The molecule has 0 fully saturated rings. The molecule has 0 radical (unpaired) electrons. The number of aliphatic hydroxyl groups is 1. The summed E-state index contributed by atoms with van der Waals surface area (Å²) in [5.74, 6) is -0.152. The van der Waals surface area contributed by atoms with Gasteiger partial charge in [0.25, 0.3) is 0 Å². The fourth-order valence-corrected chi connectivity index (χ4v) is 2.53. The van der Waals surface area contributed by atoms with Crippen LogP contribution in [0.1, 0.15) is 20.8 Å². The molecule has 0 unspecified atom stereocenters. The highest BCUT2D eigenvalue weighted by Crippen LogP contribution is 2.25. The Morgan fingerprint density at radius 3 is 2.65 bits per heavy atom. The Labute approximate surface area is 133 Å². The van der Waals surface area contributed by atoms with Crippen molar-refractivity contribution in [3.8, 4) is 0 Å². The highest BCUT2D eigenvalue weighted by molar-refractivity contribution is 9.10. The predicted molar refractivity (Wildman–Crippen MR) is 86.2 cm³/mol. The van der Waals surface area contributed by atoms with E-state index in [1.807, 2.05) is 17.9 Å². The molecule has 0 atom stereocenters. The quantitative estimate of drug-likeness (QED) is 0.816. The van der Waals surface area contributed by atoms with E-state index in [1.54, 1.807) is 26.0 Å². The van der Waals surface area contributed by atoms with Crippen molar-refractivity contribution in [2.45, 2.75) is 26.4 Å². The van der Waals surface area contributed by atoms with Crippen molar-refractivity contribution < 1.29 is 9.90 Å². The maximum absolute atomic E-state index is 12.0. The van der Waals surface area contributed by atoms with Crippen LogP contribution in [0.15, 0.2) is 22.7 Å². The molecule has 0 aliphatic carbocycles. The second-order valence-electron chi connectivity index (χ2n) is 5.29. The zero-order chi connectivity index (χ0) is 15.3. The van der Waals surface area contributed by atoms with Gasteiger partial charge >= 0.3 is 0 Å². The summed E-state index contributed by atoms with van der Waals surface area (Å²) < 4.78 is 0.859. The highest BCUT2D eigenvalue weighted by atomic mass is 79.9. The molecule has 1 aromatic rings. The van der Waals surface area contributed by atoms with E-state index >= 15 is 0 Å². The van der Waals surface area contributed by atoms with Crippen LogP contribution >= 0.6 is 27.5 Å². The lowest BCUT2D eigenvalue weighted by atomic mass is 10.1. The molecule has 1 rings (SSSR count). The second-order valence-corrected chi connectivity index (χ2v) is 6.61. The topological polar surface area (TPSA) is 52.6 Å². The number of carbonyl (C=O) groups is 1. The van der Waals surface area contributed by atoms with Crippen molar-refractivity contribution in [2.75, 3.05) is 25.0 Å². The molecular weight excluding hydrogens is 344 g/mol. The van der Waals surface area contributed by atoms with E-state index in [0.717, 1.165) is 4.47 Å². The molecule has 2 N–H and O–H groups in total. The summed E-state index contributed by atoms with van der Waals surface area (Å²) in [4.78, 5) is 13.9. The molecule has 1 aromatic carbocycles. The van der Waals surface area contributed by atoms with Gasteiger partial charge in [0.05, 0.1) is 22.9 Å². The average molecular weight is 364 g/mol. The molecule has 112 valence electrons. The van der Waals surface area contributed by atoms with Crippen LogP contribution in [0.5, 0.6) is 0 Å². The van der Waals surface area contributed by atoms with Gasteiger partial charge in [-0.05, 0) is 38.6 Å². The van der Waals surface area contributed by atoms with Crippen LogP contribution < -0.4 is 5.32 Å². The third-order valence-corrected chi connectivity index (χ3v) is 3.44. The summed E-state index contributed by atoms with van der Waals surface area (Å²) in [5, 5.41) is 13.1. The number of carbonyl (C=O) groups excluding carboxylic acids is 1. The Kier molecular flexibility index (Phi) is 6.45. The summed E-state index contributed by atoms with van der Waals surface area (Å²) >= 11 is 9.37. The number of nitrogens with one attached hydrogen (secondary N) is 1. The van der Waals surface area contributed by atoms with Gasteiger partial charge in [0.2, 0.25) is 5.91 Å². The van der Waals surface area contributed by atoms with E-state index < -0.39 is 5.60 Å². The summed E-state index contributed by atoms with van der Waals surface area (Å²) in [6, 6.07) is 5.29. The summed E-state index contributed by atoms with van der Waals surface area (Å²) in [6.07, 6.45) is 0. The van der Waals surface area contributed by atoms with Gasteiger partial charge in [-0.3, -0.25) is 9.69 Å². The van der Waals surface area contributed by atoms with Crippen LogP contribution in [-0.4, -0.2) is 41.1 Å². The normalized spacial score (nSPS) is 11.8. The van der Waals surface area contributed by atoms with E-state index in [0.29, 0.717) is 23.8 Å². The Bertz CT molecular complexity index is 475. The van der Waals surface area contributed by atoms with E-state index in [9.17, 15) is 9.90 Å². The van der Waals surface area contributed by atoms with E-state index in [2.05, 4.69) is 21.2 Å². The molecule has 0 heterocycles. The zero-order valence-electron chi connectivity index (χ0n) is 11.9. The number of rotatable bonds is 6. The molecule has 6 heteroatoms. The van der Waals surface area contributed by atoms with Crippen molar-refractivity contribution in [1.82, 2.24) is 4.90 Å². The fraction of sp³-hybridized carbons (Fsp3) is 0.500. The van der Waals surface area contributed by atoms with Crippen molar-refractivity contribution in [2.24, 2.45) is 0 Å². The number of halogens is 2. The minimum absolute atomic E-state index is 0.152. The third kappa shape index (κ3) is 6.22. The molecule has 4 nitrogen and oxygen atoms in total. The monoisotopic (exact) mass is 362 g/mol. The first kappa shape index (κ1) is 17.4. The van der Waals surface area contributed by atoms with Crippen LogP contribution in [0.2, 0.25) is 5.02 Å². The smallest absolute Gasteiger partial charge is 0.238 e. The maximum Gasteiger partial charge on any atom is 0.238 e. The van der Waals surface area contributed by atoms with Gasteiger partial charge in [-0.1, -0.05) is 34.5 Å². The number of likely N-dealkylation sites (N-methyl/N-ethyl adjacent to an activating group) is 1. The first-order chi connectivity index (χ1) is 9.21. The Morgan fingerprint density at radius 2 is 2.15 bits per heavy atom. The largest absolute Gasteiger partial charge is 0.389 e. The molecule has 0 spiro atoms. The van der Waals surface area contributed by atoms with Crippen molar-refractivity contribution >= 4 is 39.1 Å². The van der Waals surface area contributed by atoms with Crippen molar-refractivity contribution in [1.29, 1.82) is 0 Å². The number of amides is 1. The first-order valence-corrected chi connectivity index (χ1v) is 7.58. The van der Waals surface area contributed by atoms with Crippen molar-refractivity contribution in [3.05, 3.63) is 27.7 Å². The van der Waals surface area contributed by atoms with Gasteiger partial charge in [0, 0.05) is 11.0 Å². The van der Waals surface area contributed by atoms with E-state index in [-0.39, 0.29) is 12.5 Å². The number of anilines is 1. The molecule has 20 heavy (non-hydrogen) atoms. The molecular formula is C14H20BrClN2O2. The SMILES string of the molecule is CCN(CC(=O)Nc1ccc(Br)cc1Cl)CC(C)(C)O. The molecule has 1 amide bonds. The van der Waals surface area contributed by atoms with Gasteiger partial charge in [0.1, 0.15) is 0 Å². The zero-order valence-corrected chi connectivity index (χ0v) is 14.3. The van der Waals surface area contributed by atoms with Crippen LogP contribution in [0.4, 0.5) is 5.69 Å². The van der Waals surface area contributed by atoms with Crippen LogP contribution in [0.25, 0.3) is 0 Å². The summed E-state index contributed by atoms with van der Waals surface area (Å²) in [6.45, 7) is 6.73. The van der Waals surface area contributed by atoms with Crippen LogP contribution in [0, 0.1) is 0 Å². The number of hydrogen-bond donors (Lipinski definition) is 2. The van der Waals surface area contributed by atoms with Crippen LogP contribution in [0.3, 0.4) is 0 Å². The standard InChI is InChI=1S/C14H20BrClN2O2/c1-4-18(9-14(2,3)20)8-13(19)17-12-6-5-10(15)7-11(12)16/h5-7,20H,4,8-9H2,1-3H3,(H,17,19). The van der Waals surface area contributed by atoms with Crippen molar-refractivity contribution in [3.63, 3.8) is 0 Å². The molecule has 0 aliphatic rings. The van der Waals surface area contributed by atoms with Gasteiger partial charge in [-0.2, -0.15) is 0 Å². The Morgan fingerprint density at radius 1 is 1.50 bits per heavy atom. The van der Waals surface area contributed by atoms with E-state index in [4.69, 9.17) is 11.6 Å². The maximum atomic E-state index is 12.0. The van der Waals surface area contributed by atoms with Gasteiger partial charge in [0.15, 0.2) is 0 Å². The molecule has 0 aromatic heterocycles. The summed E-state index contributed by atoms with van der Waals surface area (Å²) in [5.41, 5.74) is -0.245. The fourth-order valence-electron chi connectivity index (χ4n) is 1.81. The highest BCUT2D eigenvalue weighted by Gasteiger charge is 2.19. The lowest BCUT2D eigenvalue weighted by molar-refractivity contribution is -0.117. The number of nitrogens with zero attached hydrogens (tertiary/aromatic N) is 1. The van der Waals surface area contributed by atoms with Gasteiger partial charge in [-0.25, -0.2) is 0 Å². The minimum Gasteiger partial charge on any atom is -0.389 e. The van der Waals surface area contributed by atoms with Gasteiger partial charge in [-0.15, -0.1) is 0 Å². The van der Waals surface area contributed by atoms with Crippen LogP contribution in [-0.2, 0) is 4.79 Å². The lowest BCUT2D eigenvalue weighted by Crippen LogP contribution is -2.42.